The first-order chi connectivity index (χ1) is 8.73. The van der Waals surface area contributed by atoms with Crippen LogP contribution in [0.5, 0.6) is 0 Å². The van der Waals surface area contributed by atoms with Gasteiger partial charge in [0.05, 0.1) is 4.90 Å². The molecule has 0 amide bonds. The van der Waals surface area contributed by atoms with E-state index in [-0.39, 0.29) is 5.41 Å². The molecular formula is C13H21IN2O2S. The molecule has 0 aliphatic carbocycles. The van der Waals surface area contributed by atoms with E-state index < -0.39 is 10.0 Å². The van der Waals surface area contributed by atoms with Crippen LogP contribution in [0.1, 0.15) is 20.8 Å². The van der Waals surface area contributed by atoms with Gasteiger partial charge in [0.2, 0.25) is 10.0 Å². The molecule has 108 valence electrons. The minimum absolute atomic E-state index is 0.230. The van der Waals surface area contributed by atoms with E-state index in [1.807, 2.05) is 20.8 Å². The molecule has 4 nitrogen and oxygen atoms in total. The number of halogens is 1. The minimum atomic E-state index is -3.44. The van der Waals surface area contributed by atoms with Crippen molar-refractivity contribution in [3.05, 3.63) is 27.8 Å². The maximum Gasteiger partial charge on any atom is 0.243 e. The molecule has 0 aliphatic rings. The first kappa shape index (κ1) is 16.9. The summed E-state index contributed by atoms with van der Waals surface area (Å²) in [6.07, 6.45) is 0. The van der Waals surface area contributed by atoms with Crippen LogP contribution < -0.4 is 5.73 Å². The number of benzene rings is 1. The van der Waals surface area contributed by atoms with Crippen molar-refractivity contribution < 1.29 is 8.42 Å². The van der Waals surface area contributed by atoms with Gasteiger partial charge in [-0.1, -0.05) is 20.8 Å². The molecule has 0 atom stereocenters. The second kappa shape index (κ2) is 6.51. The summed E-state index contributed by atoms with van der Waals surface area (Å²) in [5, 5.41) is 0. The van der Waals surface area contributed by atoms with Gasteiger partial charge >= 0.3 is 0 Å². The van der Waals surface area contributed by atoms with Crippen LogP contribution in [-0.4, -0.2) is 32.4 Å². The van der Waals surface area contributed by atoms with Crippen molar-refractivity contribution in [3.63, 3.8) is 0 Å². The Bertz CT molecular complexity index is 512. The molecule has 0 bridgehead atoms. The Morgan fingerprint density at radius 3 is 2.21 bits per heavy atom. The first-order valence-corrected chi connectivity index (χ1v) is 8.70. The van der Waals surface area contributed by atoms with E-state index in [0.717, 1.165) is 3.57 Å². The summed E-state index contributed by atoms with van der Waals surface area (Å²) in [7, 11) is -3.44. The van der Waals surface area contributed by atoms with Crippen molar-refractivity contribution in [3.8, 4) is 0 Å². The Kier molecular flexibility index (Phi) is 5.78. The lowest BCUT2D eigenvalue weighted by molar-refractivity contribution is 0.273. The van der Waals surface area contributed by atoms with Crippen molar-refractivity contribution >= 4 is 32.6 Å². The molecule has 0 fully saturated rings. The highest BCUT2D eigenvalue weighted by Gasteiger charge is 2.28. The summed E-state index contributed by atoms with van der Waals surface area (Å²) in [5.41, 5.74) is 5.46. The lowest BCUT2D eigenvalue weighted by atomic mass is 9.94. The summed E-state index contributed by atoms with van der Waals surface area (Å²) >= 11 is 2.15. The second-order valence-corrected chi connectivity index (χ2v) is 8.44. The zero-order valence-electron chi connectivity index (χ0n) is 11.6. The van der Waals surface area contributed by atoms with E-state index >= 15 is 0 Å². The van der Waals surface area contributed by atoms with Gasteiger partial charge in [-0.05, 0) is 58.8 Å². The third kappa shape index (κ3) is 4.40. The summed E-state index contributed by atoms with van der Waals surface area (Å²) in [4.78, 5) is 0.336. The Balaban J connectivity index is 3.06. The molecule has 0 heterocycles. The largest absolute Gasteiger partial charge is 0.330 e. The smallest absolute Gasteiger partial charge is 0.243 e. The predicted octanol–water partition coefficient (Wildman–Crippen LogP) is 2.29. The van der Waals surface area contributed by atoms with E-state index in [1.165, 1.54) is 4.31 Å². The predicted molar refractivity (Wildman–Crippen MR) is 86.4 cm³/mol. The number of nitrogens with two attached hydrogens (primary N) is 1. The van der Waals surface area contributed by atoms with Crippen LogP contribution in [-0.2, 0) is 10.0 Å². The molecule has 0 aliphatic heterocycles. The monoisotopic (exact) mass is 396 g/mol. The van der Waals surface area contributed by atoms with Crippen LogP contribution in [0.4, 0.5) is 0 Å². The Morgan fingerprint density at radius 2 is 1.79 bits per heavy atom. The molecule has 1 rings (SSSR count). The fraction of sp³-hybridized carbons (Fsp3) is 0.538. The maximum atomic E-state index is 12.6. The van der Waals surface area contributed by atoms with Crippen molar-refractivity contribution in [2.75, 3.05) is 19.6 Å². The molecule has 0 unspecified atom stereocenters. The highest BCUT2D eigenvalue weighted by Crippen LogP contribution is 2.22. The molecule has 0 radical (unpaired) electrons. The average Bonchev–Trinajstić information content (AvgIpc) is 2.36. The fourth-order valence-corrected chi connectivity index (χ4v) is 3.66. The van der Waals surface area contributed by atoms with E-state index in [9.17, 15) is 8.42 Å². The van der Waals surface area contributed by atoms with Crippen molar-refractivity contribution in [2.24, 2.45) is 11.1 Å². The molecule has 0 saturated carbocycles. The van der Waals surface area contributed by atoms with Gasteiger partial charge in [0.1, 0.15) is 0 Å². The highest BCUT2D eigenvalue weighted by molar-refractivity contribution is 14.1. The van der Waals surface area contributed by atoms with Gasteiger partial charge < -0.3 is 5.73 Å². The molecule has 0 saturated heterocycles. The molecule has 1 aromatic rings. The molecule has 6 heteroatoms. The standard InChI is InChI=1S/C13H21IN2O2S/c1-4-16(10-13(2,3)9-15)19(17,18)12-7-5-11(14)6-8-12/h5-8H,4,9-10,15H2,1-3H3. The minimum Gasteiger partial charge on any atom is -0.330 e. The zero-order valence-corrected chi connectivity index (χ0v) is 14.5. The van der Waals surface area contributed by atoms with Gasteiger partial charge in [0, 0.05) is 16.7 Å². The number of sulfonamides is 1. The molecular weight excluding hydrogens is 375 g/mol. The number of nitrogens with zero attached hydrogens (tertiary/aromatic N) is 1. The first-order valence-electron chi connectivity index (χ1n) is 6.19. The Morgan fingerprint density at radius 1 is 1.26 bits per heavy atom. The van der Waals surface area contributed by atoms with E-state index in [0.29, 0.717) is 24.5 Å². The lowest BCUT2D eigenvalue weighted by Crippen LogP contribution is -2.41. The third-order valence-corrected chi connectivity index (χ3v) is 5.62. The van der Waals surface area contributed by atoms with E-state index in [2.05, 4.69) is 22.6 Å². The summed E-state index contributed by atoms with van der Waals surface area (Å²) < 4.78 is 27.6. The lowest BCUT2D eigenvalue weighted by Gasteiger charge is -2.30. The topological polar surface area (TPSA) is 63.4 Å². The molecule has 19 heavy (non-hydrogen) atoms. The van der Waals surface area contributed by atoms with Gasteiger partial charge in [-0.25, -0.2) is 8.42 Å². The quantitative estimate of drug-likeness (QED) is 0.751. The summed E-state index contributed by atoms with van der Waals surface area (Å²) in [5.74, 6) is 0. The Labute approximate surface area is 129 Å². The van der Waals surface area contributed by atoms with Crippen LogP contribution >= 0.6 is 22.6 Å². The third-order valence-electron chi connectivity index (χ3n) is 2.96. The fourth-order valence-electron chi connectivity index (χ4n) is 1.66. The average molecular weight is 396 g/mol. The van der Waals surface area contributed by atoms with Gasteiger partial charge in [0.15, 0.2) is 0 Å². The van der Waals surface area contributed by atoms with Gasteiger partial charge in [0.25, 0.3) is 0 Å². The summed E-state index contributed by atoms with van der Waals surface area (Å²) in [6, 6.07) is 6.90. The maximum absolute atomic E-state index is 12.6. The van der Waals surface area contributed by atoms with E-state index in [4.69, 9.17) is 5.73 Å². The molecule has 0 aromatic heterocycles. The van der Waals surface area contributed by atoms with Crippen molar-refractivity contribution in [1.82, 2.24) is 4.31 Å². The highest BCUT2D eigenvalue weighted by atomic mass is 127. The van der Waals surface area contributed by atoms with Crippen LogP contribution in [0.3, 0.4) is 0 Å². The Hall–Kier alpha value is -0.180. The van der Waals surface area contributed by atoms with E-state index in [1.54, 1.807) is 24.3 Å². The van der Waals surface area contributed by atoms with Gasteiger partial charge in [-0.2, -0.15) is 4.31 Å². The van der Waals surface area contributed by atoms with Crippen LogP contribution in [0.2, 0.25) is 0 Å². The van der Waals surface area contributed by atoms with Crippen LogP contribution in [0.15, 0.2) is 29.2 Å². The van der Waals surface area contributed by atoms with Crippen molar-refractivity contribution in [1.29, 1.82) is 0 Å². The summed E-state index contributed by atoms with van der Waals surface area (Å²) in [6.45, 7) is 7.10. The van der Waals surface area contributed by atoms with Crippen molar-refractivity contribution in [2.45, 2.75) is 25.7 Å². The normalized spacial score (nSPS) is 12.9. The molecule has 2 N–H and O–H groups in total. The van der Waals surface area contributed by atoms with Crippen LogP contribution in [0, 0.1) is 8.99 Å². The van der Waals surface area contributed by atoms with Gasteiger partial charge in [-0.3, -0.25) is 0 Å². The van der Waals surface area contributed by atoms with Gasteiger partial charge in [-0.15, -0.1) is 0 Å². The molecule has 0 spiro atoms. The number of hydrogen-bond acceptors (Lipinski definition) is 3. The SMILES string of the molecule is CCN(CC(C)(C)CN)S(=O)(=O)c1ccc(I)cc1. The second-order valence-electron chi connectivity index (χ2n) is 5.25. The molecule has 1 aromatic carbocycles. The number of rotatable bonds is 6. The number of hydrogen-bond donors (Lipinski definition) is 1. The zero-order chi connectivity index (χ0) is 14.7. The van der Waals surface area contributed by atoms with Crippen LogP contribution in [0.25, 0.3) is 0 Å².